The van der Waals surface area contributed by atoms with E-state index in [0.29, 0.717) is 24.5 Å². The molecule has 20 heavy (non-hydrogen) atoms. The number of ether oxygens (including phenoxy) is 2. The first-order valence-corrected chi connectivity index (χ1v) is 7.22. The maximum absolute atomic E-state index is 11.6. The molecule has 0 unspecified atom stereocenters. The molecule has 7 heteroatoms. The van der Waals surface area contributed by atoms with E-state index in [1.807, 2.05) is 0 Å². The Bertz CT molecular complexity index is 483. The van der Waals surface area contributed by atoms with Gasteiger partial charge in [0.1, 0.15) is 10.7 Å². The quantitative estimate of drug-likeness (QED) is 0.544. The molecule has 1 aromatic carbocycles. The zero-order valence-corrected chi connectivity index (χ0v) is 13.6. The minimum atomic E-state index is -0.196. The first kappa shape index (κ1) is 16.9. The average molecular weight is 361 g/mol. The van der Waals surface area contributed by atoms with Crippen LogP contribution in [0.2, 0.25) is 0 Å². The normalized spacial score (nSPS) is 10.1. The number of nitrogens with two attached hydrogens (primary N) is 1. The van der Waals surface area contributed by atoms with Crippen LogP contribution < -0.4 is 15.8 Å². The van der Waals surface area contributed by atoms with Crippen LogP contribution in [0, 0.1) is 0 Å². The first-order chi connectivity index (χ1) is 9.54. The molecule has 1 rings (SSSR count). The van der Waals surface area contributed by atoms with Gasteiger partial charge in [0.2, 0.25) is 0 Å². The predicted molar refractivity (Wildman–Crippen MR) is 85.0 cm³/mol. The van der Waals surface area contributed by atoms with Crippen LogP contribution in [0.3, 0.4) is 0 Å². The fourth-order valence-electron chi connectivity index (χ4n) is 1.46. The molecular formula is C13H17BrN2O3S. The van der Waals surface area contributed by atoms with Crippen LogP contribution in [-0.4, -0.2) is 37.8 Å². The molecule has 5 nitrogen and oxygen atoms in total. The van der Waals surface area contributed by atoms with Gasteiger partial charge in [-0.1, -0.05) is 28.1 Å². The summed E-state index contributed by atoms with van der Waals surface area (Å²) in [4.78, 5) is 11.8. The van der Waals surface area contributed by atoms with Gasteiger partial charge in [-0.3, -0.25) is 4.79 Å². The Balaban J connectivity index is 2.49. The Hall–Kier alpha value is -1.18. The van der Waals surface area contributed by atoms with Crippen molar-refractivity contribution >= 4 is 39.0 Å². The van der Waals surface area contributed by atoms with Crippen LogP contribution in [0.25, 0.3) is 0 Å². The third-order valence-electron chi connectivity index (χ3n) is 2.41. The number of amides is 1. The summed E-state index contributed by atoms with van der Waals surface area (Å²) in [6.45, 7) is 1.09. The Kier molecular flexibility index (Phi) is 7.50. The van der Waals surface area contributed by atoms with Gasteiger partial charge in [0, 0.05) is 24.7 Å². The van der Waals surface area contributed by atoms with Crippen LogP contribution in [0.5, 0.6) is 5.75 Å². The van der Waals surface area contributed by atoms with Gasteiger partial charge in [0.05, 0.1) is 5.56 Å². The smallest absolute Gasteiger partial charge is 0.257 e. The highest BCUT2D eigenvalue weighted by atomic mass is 79.9. The maximum Gasteiger partial charge on any atom is 0.257 e. The van der Waals surface area contributed by atoms with Gasteiger partial charge in [-0.15, -0.1) is 0 Å². The summed E-state index contributed by atoms with van der Waals surface area (Å²) in [5.74, 6) is 0.297. The number of hydrogen-bond acceptors (Lipinski definition) is 4. The van der Waals surface area contributed by atoms with Crippen LogP contribution in [0.15, 0.2) is 22.7 Å². The number of nitrogens with one attached hydrogen (secondary N) is 1. The number of carbonyl (C=O) groups is 1. The standard InChI is InChI=1S/C13H17BrN2O3S/c1-18-6-2-5-16-12(17)8-19-11-4-3-9(14)7-10(11)13(15)20/h3-4,7H,2,5-6,8H2,1H3,(H2,15,20)(H,16,17). The van der Waals surface area contributed by atoms with Crippen molar-refractivity contribution in [2.75, 3.05) is 26.9 Å². The van der Waals surface area contributed by atoms with Crippen molar-refractivity contribution in [1.29, 1.82) is 0 Å². The lowest BCUT2D eigenvalue weighted by Gasteiger charge is -2.11. The van der Waals surface area contributed by atoms with Crippen LogP contribution in [0.1, 0.15) is 12.0 Å². The lowest BCUT2D eigenvalue weighted by atomic mass is 10.2. The molecule has 0 spiro atoms. The van der Waals surface area contributed by atoms with E-state index in [1.54, 1.807) is 25.3 Å². The molecule has 1 amide bonds. The number of rotatable bonds is 8. The van der Waals surface area contributed by atoms with Crippen molar-refractivity contribution in [3.63, 3.8) is 0 Å². The lowest BCUT2D eigenvalue weighted by molar-refractivity contribution is -0.123. The van der Waals surface area contributed by atoms with E-state index < -0.39 is 0 Å². The summed E-state index contributed by atoms with van der Waals surface area (Å²) in [5, 5.41) is 2.73. The third-order valence-corrected chi connectivity index (χ3v) is 3.13. The fraction of sp³-hybridized carbons (Fsp3) is 0.385. The van der Waals surface area contributed by atoms with Gasteiger partial charge in [0.25, 0.3) is 5.91 Å². The van der Waals surface area contributed by atoms with Crippen LogP contribution in [0.4, 0.5) is 0 Å². The second kappa shape index (κ2) is 8.89. The van der Waals surface area contributed by atoms with Gasteiger partial charge < -0.3 is 20.5 Å². The van der Waals surface area contributed by atoms with Gasteiger partial charge in [-0.25, -0.2) is 0 Å². The minimum Gasteiger partial charge on any atom is -0.483 e. The number of carbonyl (C=O) groups excluding carboxylic acids is 1. The molecule has 0 aliphatic heterocycles. The third kappa shape index (κ3) is 5.85. The van der Waals surface area contributed by atoms with Gasteiger partial charge >= 0.3 is 0 Å². The van der Waals surface area contributed by atoms with Gasteiger partial charge in [-0.05, 0) is 24.6 Å². The molecule has 0 radical (unpaired) electrons. The van der Waals surface area contributed by atoms with E-state index in [9.17, 15) is 4.79 Å². The number of benzene rings is 1. The van der Waals surface area contributed by atoms with Gasteiger partial charge in [-0.2, -0.15) is 0 Å². The second-order valence-corrected chi connectivity index (χ2v) is 5.35. The Morgan fingerprint density at radius 2 is 2.25 bits per heavy atom. The average Bonchev–Trinajstić information content (AvgIpc) is 2.42. The first-order valence-electron chi connectivity index (χ1n) is 6.02. The van der Waals surface area contributed by atoms with Crippen molar-refractivity contribution in [2.45, 2.75) is 6.42 Å². The maximum atomic E-state index is 11.6. The van der Waals surface area contributed by atoms with Crippen molar-refractivity contribution in [2.24, 2.45) is 5.73 Å². The van der Waals surface area contributed by atoms with E-state index in [4.69, 9.17) is 27.4 Å². The predicted octanol–water partition coefficient (Wildman–Crippen LogP) is 1.61. The molecule has 0 bridgehead atoms. The number of thiocarbonyl (C=S) groups is 1. The monoisotopic (exact) mass is 360 g/mol. The van der Waals surface area contributed by atoms with Crippen molar-refractivity contribution in [3.8, 4) is 5.75 Å². The van der Waals surface area contributed by atoms with E-state index >= 15 is 0 Å². The number of hydrogen-bond donors (Lipinski definition) is 2. The Morgan fingerprint density at radius 3 is 2.90 bits per heavy atom. The SMILES string of the molecule is COCCCNC(=O)COc1ccc(Br)cc1C(N)=S. The molecule has 3 N–H and O–H groups in total. The van der Waals surface area contributed by atoms with Gasteiger partial charge in [0.15, 0.2) is 6.61 Å². The fourth-order valence-corrected chi connectivity index (χ4v) is 1.98. The molecule has 0 aliphatic rings. The summed E-state index contributed by atoms with van der Waals surface area (Å²) >= 11 is 8.28. The molecule has 0 saturated heterocycles. The number of methoxy groups -OCH3 is 1. The minimum absolute atomic E-state index is 0.0791. The highest BCUT2D eigenvalue weighted by Gasteiger charge is 2.09. The van der Waals surface area contributed by atoms with E-state index in [-0.39, 0.29) is 17.5 Å². The summed E-state index contributed by atoms with van der Waals surface area (Å²) in [5.41, 5.74) is 6.22. The van der Waals surface area contributed by atoms with E-state index in [2.05, 4.69) is 21.2 Å². The van der Waals surface area contributed by atoms with Crippen LogP contribution >= 0.6 is 28.1 Å². The molecule has 110 valence electrons. The van der Waals surface area contributed by atoms with E-state index in [1.165, 1.54) is 0 Å². The highest BCUT2D eigenvalue weighted by Crippen LogP contribution is 2.23. The molecule has 0 atom stereocenters. The molecule has 0 fully saturated rings. The topological polar surface area (TPSA) is 73.6 Å². The Labute approximate surface area is 131 Å². The number of halogens is 1. The Morgan fingerprint density at radius 1 is 1.50 bits per heavy atom. The molecule has 0 saturated carbocycles. The molecular weight excluding hydrogens is 344 g/mol. The van der Waals surface area contributed by atoms with E-state index in [0.717, 1.165) is 10.9 Å². The van der Waals surface area contributed by atoms with Crippen molar-refractivity contribution in [1.82, 2.24) is 5.32 Å². The summed E-state index contributed by atoms with van der Waals surface area (Å²) in [6, 6.07) is 5.28. The molecule has 1 aromatic rings. The zero-order valence-electron chi connectivity index (χ0n) is 11.1. The highest BCUT2D eigenvalue weighted by molar-refractivity contribution is 9.10. The second-order valence-electron chi connectivity index (χ2n) is 3.99. The summed E-state index contributed by atoms with van der Waals surface area (Å²) < 4.78 is 11.2. The summed E-state index contributed by atoms with van der Waals surface area (Å²) in [6.07, 6.45) is 0.763. The summed E-state index contributed by atoms with van der Waals surface area (Å²) in [7, 11) is 1.62. The van der Waals surface area contributed by atoms with Crippen LogP contribution in [-0.2, 0) is 9.53 Å². The lowest BCUT2D eigenvalue weighted by Crippen LogP contribution is -2.30. The van der Waals surface area contributed by atoms with Crippen molar-refractivity contribution < 1.29 is 14.3 Å². The largest absolute Gasteiger partial charge is 0.483 e. The molecule has 0 heterocycles. The van der Waals surface area contributed by atoms with Crippen molar-refractivity contribution in [3.05, 3.63) is 28.2 Å². The molecule has 0 aromatic heterocycles. The molecule has 0 aliphatic carbocycles. The zero-order chi connectivity index (χ0) is 15.0.